The van der Waals surface area contributed by atoms with Crippen LogP contribution in [0.3, 0.4) is 0 Å². The van der Waals surface area contributed by atoms with E-state index in [2.05, 4.69) is 16.8 Å². The third-order valence-corrected chi connectivity index (χ3v) is 4.20. The fraction of sp³-hybridized carbons (Fsp3) is 0.312. The quantitative estimate of drug-likeness (QED) is 0.844. The molecule has 2 aromatic rings. The van der Waals surface area contributed by atoms with Crippen LogP contribution in [0.25, 0.3) is 0 Å². The van der Waals surface area contributed by atoms with Crippen molar-refractivity contribution in [2.45, 2.75) is 25.7 Å². The number of rotatable bonds is 4. The standard InChI is InChI=1S/C16H16O2S/c17-16-3-1-2-13-4-5-14(10-15(13)16)18-8-6-12-7-9-19-11-12/h4-5,7,9-11H,1-3,6,8H2. The molecule has 2 nitrogen and oxygen atoms in total. The number of fused-ring (bicyclic) bond motifs is 1. The molecule has 1 aliphatic rings. The van der Waals surface area contributed by atoms with E-state index in [0.29, 0.717) is 13.0 Å². The van der Waals surface area contributed by atoms with Gasteiger partial charge in [0.05, 0.1) is 6.61 Å². The summed E-state index contributed by atoms with van der Waals surface area (Å²) < 4.78 is 5.75. The first-order valence-electron chi connectivity index (χ1n) is 6.63. The molecule has 1 aromatic carbocycles. The van der Waals surface area contributed by atoms with Crippen LogP contribution < -0.4 is 4.74 Å². The number of ether oxygens (including phenoxy) is 1. The molecular formula is C16H16O2S. The average molecular weight is 272 g/mol. The summed E-state index contributed by atoms with van der Waals surface area (Å²) in [6.07, 6.45) is 3.57. The Labute approximate surface area is 117 Å². The van der Waals surface area contributed by atoms with Gasteiger partial charge in [0, 0.05) is 18.4 Å². The van der Waals surface area contributed by atoms with Gasteiger partial charge >= 0.3 is 0 Å². The maximum absolute atomic E-state index is 11.8. The molecule has 1 heterocycles. The number of aryl methyl sites for hydroxylation is 1. The Hall–Kier alpha value is -1.61. The first-order valence-corrected chi connectivity index (χ1v) is 7.57. The maximum atomic E-state index is 11.8. The summed E-state index contributed by atoms with van der Waals surface area (Å²) in [5.74, 6) is 1.06. The minimum absolute atomic E-state index is 0.254. The summed E-state index contributed by atoms with van der Waals surface area (Å²) >= 11 is 1.70. The summed E-state index contributed by atoms with van der Waals surface area (Å²) in [7, 11) is 0. The first kappa shape index (κ1) is 12.4. The molecule has 0 fully saturated rings. The zero-order valence-electron chi connectivity index (χ0n) is 10.7. The molecule has 0 radical (unpaired) electrons. The second kappa shape index (κ2) is 5.57. The van der Waals surface area contributed by atoms with Crippen molar-refractivity contribution in [3.05, 3.63) is 51.7 Å². The lowest BCUT2D eigenvalue weighted by molar-refractivity contribution is 0.0972. The fourth-order valence-electron chi connectivity index (χ4n) is 2.42. The summed E-state index contributed by atoms with van der Waals surface area (Å²) in [5.41, 5.74) is 3.33. The Kier molecular flexibility index (Phi) is 3.65. The lowest BCUT2D eigenvalue weighted by Gasteiger charge is -2.15. The minimum atomic E-state index is 0.254. The molecule has 98 valence electrons. The van der Waals surface area contributed by atoms with E-state index in [9.17, 15) is 4.79 Å². The smallest absolute Gasteiger partial charge is 0.163 e. The summed E-state index contributed by atoms with van der Waals surface area (Å²) in [5, 5.41) is 4.21. The van der Waals surface area contributed by atoms with Crippen LogP contribution in [0.15, 0.2) is 35.0 Å². The lowest BCUT2D eigenvalue weighted by atomic mass is 9.90. The second-order valence-electron chi connectivity index (χ2n) is 4.83. The van der Waals surface area contributed by atoms with Crippen LogP contribution in [-0.4, -0.2) is 12.4 Å². The van der Waals surface area contributed by atoms with Crippen molar-refractivity contribution < 1.29 is 9.53 Å². The molecule has 0 saturated heterocycles. The molecule has 1 aromatic heterocycles. The van der Waals surface area contributed by atoms with Gasteiger partial charge in [-0.1, -0.05) is 6.07 Å². The van der Waals surface area contributed by atoms with E-state index in [4.69, 9.17) is 4.74 Å². The normalized spacial score (nSPS) is 14.2. The van der Waals surface area contributed by atoms with E-state index in [0.717, 1.165) is 30.6 Å². The Morgan fingerprint density at radius 3 is 3.00 bits per heavy atom. The average Bonchev–Trinajstić information content (AvgIpc) is 2.93. The number of carbonyl (C=O) groups is 1. The highest BCUT2D eigenvalue weighted by molar-refractivity contribution is 7.07. The van der Waals surface area contributed by atoms with E-state index in [1.165, 1.54) is 11.1 Å². The van der Waals surface area contributed by atoms with Gasteiger partial charge in [-0.3, -0.25) is 4.79 Å². The zero-order valence-corrected chi connectivity index (χ0v) is 11.5. The molecule has 3 rings (SSSR count). The van der Waals surface area contributed by atoms with Gasteiger partial charge in [0.15, 0.2) is 5.78 Å². The minimum Gasteiger partial charge on any atom is -0.493 e. The highest BCUT2D eigenvalue weighted by Crippen LogP contribution is 2.25. The van der Waals surface area contributed by atoms with Gasteiger partial charge in [0.2, 0.25) is 0 Å². The molecule has 0 atom stereocenters. The van der Waals surface area contributed by atoms with Crippen molar-refractivity contribution in [3.8, 4) is 5.75 Å². The van der Waals surface area contributed by atoms with Crippen molar-refractivity contribution in [2.24, 2.45) is 0 Å². The molecule has 19 heavy (non-hydrogen) atoms. The van der Waals surface area contributed by atoms with Crippen molar-refractivity contribution in [1.82, 2.24) is 0 Å². The van der Waals surface area contributed by atoms with Crippen molar-refractivity contribution in [2.75, 3.05) is 6.61 Å². The van der Waals surface area contributed by atoms with E-state index >= 15 is 0 Å². The molecule has 0 unspecified atom stereocenters. The predicted octanol–water partition coefficient (Wildman–Crippen LogP) is 3.89. The van der Waals surface area contributed by atoms with Crippen molar-refractivity contribution in [1.29, 1.82) is 0 Å². The Balaban J connectivity index is 1.65. The summed E-state index contributed by atoms with van der Waals surface area (Å²) in [6, 6.07) is 8.03. The van der Waals surface area contributed by atoms with Crippen LogP contribution in [0, 0.1) is 0 Å². The molecule has 1 aliphatic carbocycles. The van der Waals surface area contributed by atoms with Gasteiger partial charge in [0.25, 0.3) is 0 Å². The van der Waals surface area contributed by atoms with Crippen LogP contribution in [0.4, 0.5) is 0 Å². The number of benzene rings is 1. The highest BCUT2D eigenvalue weighted by Gasteiger charge is 2.17. The molecule has 0 amide bonds. The number of hydrogen-bond acceptors (Lipinski definition) is 3. The number of ketones is 1. The van der Waals surface area contributed by atoms with Gasteiger partial charge in [-0.05, 0) is 52.9 Å². The van der Waals surface area contributed by atoms with Gasteiger partial charge in [-0.25, -0.2) is 0 Å². The molecule has 0 spiro atoms. The Morgan fingerprint density at radius 2 is 2.16 bits per heavy atom. The molecule has 0 bridgehead atoms. The van der Waals surface area contributed by atoms with Gasteiger partial charge in [-0.15, -0.1) is 0 Å². The molecule has 0 aliphatic heterocycles. The van der Waals surface area contributed by atoms with Gasteiger partial charge < -0.3 is 4.74 Å². The van der Waals surface area contributed by atoms with Crippen molar-refractivity contribution in [3.63, 3.8) is 0 Å². The molecular weight excluding hydrogens is 256 g/mol. The second-order valence-corrected chi connectivity index (χ2v) is 5.61. The van der Waals surface area contributed by atoms with Crippen molar-refractivity contribution >= 4 is 17.1 Å². The highest BCUT2D eigenvalue weighted by atomic mass is 32.1. The van der Waals surface area contributed by atoms with E-state index < -0.39 is 0 Å². The summed E-state index contributed by atoms with van der Waals surface area (Å²) in [6.45, 7) is 0.656. The monoisotopic (exact) mass is 272 g/mol. The van der Waals surface area contributed by atoms with Crippen LogP contribution in [-0.2, 0) is 12.8 Å². The molecule has 0 saturated carbocycles. The van der Waals surface area contributed by atoms with Crippen LogP contribution in [0.2, 0.25) is 0 Å². The van der Waals surface area contributed by atoms with Crippen LogP contribution in [0.5, 0.6) is 5.75 Å². The van der Waals surface area contributed by atoms with E-state index in [1.54, 1.807) is 11.3 Å². The SMILES string of the molecule is O=C1CCCc2ccc(OCCc3ccsc3)cc21. The number of Topliss-reactive ketones (excluding diaryl/α,β-unsaturated/α-hetero) is 1. The predicted molar refractivity (Wildman–Crippen MR) is 77.2 cm³/mol. The third kappa shape index (κ3) is 2.87. The molecule has 0 N–H and O–H groups in total. The topological polar surface area (TPSA) is 26.3 Å². The van der Waals surface area contributed by atoms with Gasteiger partial charge in [-0.2, -0.15) is 11.3 Å². The van der Waals surface area contributed by atoms with E-state index in [1.807, 2.05) is 18.2 Å². The van der Waals surface area contributed by atoms with E-state index in [-0.39, 0.29) is 5.78 Å². The Bertz CT molecular complexity index is 572. The number of carbonyl (C=O) groups excluding carboxylic acids is 1. The van der Waals surface area contributed by atoms with Crippen LogP contribution >= 0.6 is 11.3 Å². The van der Waals surface area contributed by atoms with Gasteiger partial charge in [0.1, 0.15) is 5.75 Å². The fourth-order valence-corrected chi connectivity index (χ4v) is 3.12. The Morgan fingerprint density at radius 1 is 1.21 bits per heavy atom. The summed E-state index contributed by atoms with van der Waals surface area (Å²) in [4.78, 5) is 11.8. The maximum Gasteiger partial charge on any atom is 0.163 e. The largest absolute Gasteiger partial charge is 0.493 e. The number of thiophene rings is 1. The lowest BCUT2D eigenvalue weighted by Crippen LogP contribution is -2.11. The number of hydrogen-bond donors (Lipinski definition) is 0. The zero-order chi connectivity index (χ0) is 13.1. The van der Waals surface area contributed by atoms with Crippen LogP contribution in [0.1, 0.15) is 34.3 Å². The third-order valence-electron chi connectivity index (χ3n) is 3.47. The first-order chi connectivity index (χ1) is 9.33. The molecule has 3 heteroatoms.